The van der Waals surface area contributed by atoms with Crippen molar-refractivity contribution in [3.05, 3.63) is 25.0 Å². The first kappa shape index (κ1) is 13.3. The first-order chi connectivity index (χ1) is 5.41. The zero-order valence-electron chi connectivity index (χ0n) is 6.11. The van der Waals surface area contributed by atoms with Crippen molar-refractivity contribution in [2.24, 2.45) is 0 Å². The van der Waals surface area contributed by atoms with Crippen LogP contribution in [0.2, 0.25) is 0 Å². The molecule has 0 aliphatic rings. The van der Waals surface area contributed by atoms with E-state index < -0.39 is 12.2 Å². The summed E-state index contributed by atoms with van der Waals surface area (Å²) in [7, 11) is 0. The van der Waals surface area contributed by atoms with E-state index in [2.05, 4.69) is 11.3 Å². The van der Waals surface area contributed by atoms with Crippen LogP contribution in [0.15, 0.2) is 25.0 Å². The second-order valence-electron chi connectivity index (χ2n) is 1.30. The van der Waals surface area contributed by atoms with Crippen molar-refractivity contribution < 1.29 is 27.1 Å². The lowest BCUT2D eigenvalue weighted by Crippen LogP contribution is -1.87. The molecule has 0 amide bonds. The van der Waals surface area contributed by atoms with Gasteiger partial charge in [0, 0.05) is 6.92 Å². The van der Waals surface area contributed by atoms with E-state index in [4.69, 9.17) is 0 Å². The van der Waals surface area contributed by atoms with Gasteiger partial charge in [0.15, 0.2) is 0 Å². The summed E-state index contributed by atoms with van der Waals surface area (Å²) >= 11 is 0. The largest absolute Gasteiger partial charge is 0.435 e. The Morgan fingerprint density at radius 3 is 1.58 bits per heavy atom. The maximum Gasteiger partial charge on any atom is 0.334 e. The third-order valence-electron chi connectivity index (χ3n) is 0.392. The van der Waals surface area contributed by atoms with Crippen LogP contribution in [0.25, 0.3) is 0 Å². The number of rotatable bonds is 1. The van der Waals surface area contributed by atoms with Crippen LogP contribution in [0.5, 0.6) is 0 Å². The van der Waals surface area contributed by atoms with E-state index in [0.29, 0.717) is 0 Å². The predicted octanol–water partition coefficient (Wildman–Crippen LogP) is 2.68. The van der Waals surface area contributed by atoms with Gasteiger partial charge in [-0.1, -0.05) is 6.58 Å². The molecule has 0 rings (SSSR count). The van der Waals surface area contributed by atoms with Crippen molar-refractivity contribution in [1.29, 1.82) is 0 Å². The van der Waals surface area contributed by atoms with Gasteiger partial charge in [0.25, 0.3) is 0 Å². The summed E-state index contributed by atoms with van der Waals surface area (Å²) in [5.74, 6) is -0.329. The average Bonchev–Trinajstić information content (AvgIpc) is 1.87. The highest BCUT2D eigenvalue weighted by molar-refractivity contribution is 5.66. The molecule has 0 atom stereocenters. The van der Waals surface area contributed by atoms with Crippen LogP contribution in [0.4, 0.5) is 17.6 Å². The maximum atomic E-state index is 10.3. The topological polar surface area (TPSA) is 26.3 Å². The minimum atomic E-state index is -2.91. The highest BCUT2D eigenvalue weighted by Gasteiger charge is 1.98. The van der Waals surface area contributed by atoms with Gasteiger partial charge in [0.1, 0.15) is 0 Å². The molecule has 0 aromatic heterocycles. The van der Waals surface area contributed by atoms with Gasteiger partial charge in [0.05, 0.1) is 6.26 Å². The Hall–Kier alpha value is -1.33. The molecule has 0 aliphatic heterocycles. The Kier molecular flexibility index (Phi) is 8.60. The highest BCUT2D eigenvalue weighted by atomic mass is 19.3. The Bertz CT molecular complexity index is 170. The van der Waals surface area contributed by atoms with Gasteiger partial charge in [-0.15, -0.1) is 0 Å². The fourth-order valence-corrected chi connectivity index (χ4v) is 0.117. The molecule has 70 valence electrons. The van der Waals surface area contributed by atoms with E-state index in [1.54, 1.807) is 0 Å². The van der Waals surface area contributed by atoms with Crippen LogP contribution in [-0.4, -0.2) is 5.97 Å². The van der Waals surface area contributed by atoms with Gasteiger partial charge in [0.2, 0.25) is 0 Å². The van der Waals surface area contributed by atoms with Crippen molar-refractivity contribution in [2.75, 3.05) is 0 Å². The first-order valence-electron chi connectivity index (χ1n) is 2.56. The van der Waals surface area contributed by atoms with Gasteiger partial charge in [-0.05, 0) is 0 Å². The maximum absolute atomic E-state index is 10.3. The normalized spacial score (nSPS) is 7.42. The Balaban J connectivity index is 0. The summed E-state index contributed by atoms with van der Waals surface area (Å²) in [5.41, 5.74) is 0. The third-order valence-corrected chi connectivity index (χ3v) is 0.392. The van der Waals surface area contributed by atoms with E-state index >= 15 is 0 Å². The second kappa shape index (κ2) is 7.77. The molecule has 0 fully saturated rings. The van der Waals surface area contributed by atoms with Crippen LogP contribution < -0.4 is 0 Å². The summed E-state index contributed by atoms with van der Waals surface area (Å²) < 4.78 is 45.3. The number of carbonyl (C=O) groups is 1. The Morgan fingerprint density at radius 2 is 1.58 bits per heavy atom. The van der Waals surface area contributed by atoms with Crippen LogP contribution in [0, 0.1) is 0 Å². The Labute approximate surface area is 66.1 Å². The molecule has 6 heteroatoms. The summed E-state index contributed by atoms with van der Waals surface area (Å²) in [6, 6.07) is 0. The molecule has 0 N–H and O–H groups in total. The summed E-state index contributed by atoms with van der Waals surface area (Å²) in [4.78, 5) is 9.75. The molecule has 12 heavy (non-hydrogen) atoms. The van der Waals surface area contributed by atoms with Crippen LogP contribution in [0.3, 0.4) is 0 Å². The van der Waals surface area contributed by atoms with Crippen LogP contribution in [-0.2, 0) is 9.53 Å². The van der Waals surface area contributed by atoms with E-state index in [1.165, 1.54) is 6.92 Å². The SMILES string of the molecule is C=COC(C)=O.FC(F)=C(F)F. The van der Waals surface area contributed by atoms with Gasteiger partial charge in [-0.25, -0.2) is 0 Å². The summed E-state index contributed by atoms with van der Waals surface area (Å²) in [6.07, 6.45) is -4.72. The minimum absolute atomic E-state index is 0.329. The molecular weight excluding hydrogens is 180 g/mol. The molecule has 0 spiro atoms. The van der Waals surface area contributed by atoms with Gasteiger partial charge < -0.3 is 4.74 Å². The van der Waals surface area contributed by atoms with E-state index in [0.717, 1.165) is 6.26 Å². The van der Waals surface area contributed by atoms with Crippen molar-refractivity contribution in [1.82, 2.24) is 0 Å². The fraction of sp³-hybridized carbons (Fsp3) is 0.167. The van der Waals surface area contributed by atoms with Gasteiger partial charge in [-0.3, -0.25) is 4.79 Å². The predicted molar refractivity (Wildman–Crippen MR) is 33.4 cm³/mol. The molecule has 0 aliphatic carbocycles. The van der Waals surface area contributed by atoms with Crippen LogP contribution in [0.1, 0.15) is 6.92 Å². The van der Waals surface area contributed by atoms with E-state index in [9.17, 15) is 22.4 Å². The van der Waals surface area contributed by atoms with Crippen LogP contribution >= 0.6 is 0 Å². The number of ether oxygens (including phenoxy) is 1. The quantitative estimate of drug-likeness (QED) is 0.357. The first-order valence-corrected chi connectivity index (χ1v) is 2.56. The van der Waals surface area contributed by atoms with Gasteiger partial charge >= 0.3 is 18.1 Å². The van der Waals surface area contributed by atoms with Crippen molar-refractivity contribution in [2.45, 2.75) is 6.92 Å². The third kappa shape index (κ3) is 15.9. The number of esters is 1. The molecule has 0 radical (unpaired) electrons. The van der Waals surface area contributed by atoms with Gasteiger partial charge in [-0.2, -0.15) is 17.6 Å². The zero-order valence-corrected chi connectivity index (χ0v) is 6.11. The molecule has 2 nitrogen and oxygen atoms in total. The molecular formula is C6H6F4O2. The fourth-order valence-electron chi connectivity index (χ4n) is 0.117. The lowest BCUT2D eigenvalue weighted by Gasteiger charge is -1.83. The lowest BCUT2D eigenvalue weighted by molar-refractivity contribution is -0.135. The molecule has 0 aromatic rings. The van der Waals surface area contributed by atoms with E-state index in [-0.39, 0.29) is 5.97 Å². The summed E-state index contributed by atoms with van der Waals surface area (Å²) in [5, 5.41) is 0. The Morgan fingerprint density at radius 1 is 1.25 bits per heavy atom. The average molecular weight is 186 g/mol. The number of halogens is 4. The summed E-state index contributed by atoms with van der Waals surface area (Å²) in [6.45, 7) is 4.48. The molecule has 0 unspecified atom stereocenters. The molecule has 0 saturated heterocycles. The standard InChI is InChI=1S/C4H6O2.C2F4/c1-3-6-4(2)5;3-1(4)2(5)6/h3H,1H2,2H3;. The molecule has 0 aromatic carbocycles. The second-order valence-corrected chi connectivity index (χ2v) is 1.30. The lowest BCUT2D eigenvalue weighted by atomic mass is 10.8. The van der Waals surface area contributed by atoms with Crippen molar-refractivity contribution in [3.63, 3.8) is 0 Å². The number of hydrogen-bond acceptors (Lipinski definition) is 2. The molecule has 0 saturated carbocycles. The van der Waals surface area contributed by atoms with Crippen molar-refractivity contribution >= 4 is 5.97 Å². The highest BCUT2D eigenvalue weighted by Crippen LogP contribution is 2.08. The van der Waals surface area contributed by atoms with E-state index in [1.807, 2.05) is 0 Å². The van der Waals surface area contributed by atoms with Crippen molar-refractivity contribution in [3.8, 4) is 0 Å². The smallest absolute Gasteiger partial charge is 0.334 e. The zero-order chi connectivity index (χ0) is 10.1. The molecule has 0 bridgehead atoms. The monoisotopic (exact) mass is 186 g/mol. The number of hydrogen-bond donors (Lipinski definition) is 0. The minimum Gasteiger partial charge on any atom is -0.435 e. The number of carbonyl (C=O) groups excluding carboxylic acids is 1. The molecule has 0 heterocycles.